The van der Waals surface area contributed by atoms with Gasteiger partial charge in [-0.15, -0.1) is 0 Å². The molecule has 2 heterocycles. The zero-order valence-corrected chi connectivity index (χ0v) is 16.4. The van der Waals surface area contributed by atoms with Gasteiger partial charge in [0.05, 0.1) is 12.7 Å². The Morgan fingerprint density at radius 2 is 1.61 bits per heavy atom. The van der Waals surface area contributed by atoms with Crippen molar-refractivity contribution >= 4 is 21.9 Å². The predicted molar refractivity (Wildman–Crippen MR) is 118 cm³/mol. The zero-order chi connectivity index (χ0) is 21.5. The number of hydrogen-bond acceptors (Lipinski definition) is 6. The minimum atomic E-state index is -0.594. The second-order valence-electron chi connectivity index (χ2n) is 7.06. The first-order chi connectivity index (χ1) is 15.0. The molecule has 0 aliphatic heterocycles. The van der Waals surface area contributed by atoms with E-state index in [1.54, 1.807) is 31.4 Å². The predicted octanol–water partition coefficient (Wildman–Crippen LogP) is 4.95. The Morgan fingerprint density at radius 3 is 2.39 bits per heavy atom. The summed E-state index contributed by atoms with van der Waals surface area (Å²) in [5, 5.41) is 11.0. The Labute approximate surface area is 175 Å². The second kappa shape index (κ2) is 7.18. The molecule has 6 nitrogen and oxygen atoms in total. The van der Waals surface area contributed by atoms with Crippen molar-refractivity contribution in [3.8, 4) is 33.8 Å². The first-order valence-electron chi connectivity index (χ1n) is 9.52. The summed E-state index contributed by atoms with van der Waals surface area (Å²) in [6.07, 6.45) is 0. The SMILES string of the molecule is COc1ccc(-c2cc(=O)oc3c(-c4cc5ccc(O)cc5oc4=O)cccc23)cc1. The minimum Gasteiger partial charge on any atom is -0.508 e. The number of para-hydroxylation sites is 1. The highest BCUT2D eigenvalue weighted by atomic mass is 16.5. The minimum absolute atomic E-state index is 0.00342. The number of phenols is 1. The van der Waals surface area contributed by atoms with Gasteiger partial charge < -0.3 is 18.7 Å². The first-order valence-corrected chi connectivity index (χ1v) is 9.52. The number of methoxy groups -OCH3 is 1. The van der Waals surface area contributed by atoms with Gasteiger partial charge in [-0.1, -0.05) is 30.3 Å². The lowest BCUT2D eigenvalue weighted by atomic mass is 9.97. The summed E-state index contributed by atoms with van der Waals surface area (Å²) in [6, 6.07) is 20.3. The number of rotatable bonds is 3. The summed E-state index contributed by atoms with van der Waals surface area (Å²) in [4.78, 5) is 25.1. The lowest BCUT2D eigenvalue weighted by molar-refractivity contribution is 0.415. The average Bonchev–Trinajstić information content (AvgIpc) is 2.78. The second-order valence-corrected chi connectivity index (χ2v) is 7.06. The molecule has 31 heavy (non-hydrogen) atoms. The fourth-order valence-electron chi connectivity index (χ4n) is 3.69. The van der Waals surface area contributed by atoms with E-state index in [1.165, 1.54) is 18.2 Å². The average molecular weight is 412 g/mol. The molecule has 0 fully saturated rings. The maximum Gasteiger partial charge on any atom is 0.344 e. The number of aromatic hydroxyl groups is 1. The van der Waals surface area contributed by atoms with Crippen LogP contribution in [0.25, 0.3) is 44.2 Å². The molecule has 0 spiro atoms. The molecule has 0 unspecified atom stereocenters. The van der Waals surface area contributed by atoms with Gasteiger partial charge in [-0.25, -0.2) is 9.59 Å². The van der Waals surface area contributed by atoms with Crippen molar-refractivity contribution in [2.24, 2.45) is 0 Å². The highest BCUT2D eigenvalue weighted by Crippen LogP contribution is 2.34. The summed E-state index contributed by atoms with van der Waals surface area (Å²) in [7, 11) is 1.59. The summed E-state index contributed by atoms with van der Waals surface area (Å²) >= 11 is 0. The summed E-state index contributed by atoms with van der Waals surface area (Å²) in [5.74, 6) is 0.709. The van der Waals surface area contributed by atoms with Crippen LogP contribution in [0, 0.1) is 0 Å². The molecule has 6 heteroatoms. The zero-order valence-electron chi connectivity index (χ0n) is 16.4. The van der Waals surface area contributed by atoms with Gasteiger partial charge in [0.2, 0.25) is 0 Å². The lowest BCUT2D eigenvalue weighted by Gasteiger charge is -2.10. The monoisotopic (exact) mass is 412 g/mol. The topological polar surface area (TPSA) is 89.9 Å². The van der Waals surface area contributed by atoms with Gasteiger partial charge in [0.25, 0.3) is 0 Å². The van der Waals surface area contributed by atoms with E-state index in [4.69, 9.17) is 13.6 Å². The van der Waals surface area contributed by atoms with Crippen LogP contribution in [0.15, 0.2) is 91.2 Å². The Balaban J connectivity index is 1.78. The van der Waals surface area contributed by atoms with Crippen molar-refractivity contribution in [2.45, 2.75) is 0 Å². The smallest absolute Gasteiger partial charge is 0.344 e. The molecule has 0 saturated heterocycles. The standard InChI is InChI=1S/C25H16O6/c1-29-17-9-6-14(7-10-17)20-13-23(27)31-24-18(20)3-2-4-19(24)21-11-15-5-8-16(26)12-22(15)30-25(21)28/h2-13,26H,1H3. The third-order valence-electron chi connectivity index (χ3n) is 5.18. The van der Waals surface area contributed by atoms with E-state index < -0.39 is 11.3 Å². The third-order valence-corrected chi connectivity index (χ3v) is 5.18. The van der Waals surface area contributed by atoms with Crippen LogP contribution in [0.2, 0.25) is 0 Å². The molecule has 5 aromatic rings. The van der Waals surface area contributed by atoms with Gasteiger partial charge in [0, 0.05) is 28.5 Å². The molecule has 0 saturated carbocycles. The number of phenolic OH excluding ortho intramolecular Hbond substituents is 1. The molecule has 0 amide bonds. The van der Waals surface area contributed by atoms with E-state index in [0.717, 1.165) is 5.56 Å². The molecule has 0 radical (unpaired) electrons. The fourth-order valence-corrected chi connectivity index (χ4v) is 3.69. The van der Waals surface area contributed by atoms with Crippen molar-refractivity contribution in [1.29, 1.82) is 0 Å². The van der Waals surface area contributed by atoms with E-state index in [-0.39, 0.29) is 16.9 Å². The number of fused-ring (bicyclic) bond motifs is 2. The maximum atomic E-state index is 12.7. The van der Waals surface area contributed by atoms with Crippen LogP contribution in [-0.2, 0) is 0 Å². The van der Waals surface area contributed by atoms with Crippen LogP contribution in [-0.4, -0.2) is 12.2 Å². The van der Waals surface area contributed by atoms with Crippen molar-refractivity contribution in [3.05, 3.63) is 93.6 Å². The number of hydrogen-bond donors (Lipinski definition) is 1. The number of benzene rings is 3. The van der Waals surface area contributed by atoms with Gasteiger partial charge in [-0.2, -0.15) is 0 Å². The molecule has 5 rings (SSSR count). The van der Waals surface area contributed by atoms with Gasteiger partial charge in [-0.3, -0.25) is 0 Å². The highest BCUT2D eigenvalue weighted by Gasteiger charge is 2.16. The van der Waals surface area contributed by atoms with E-state index in [1.807, 2.05) is 30.3 Å². The van der Waals surface area contributed by atoms with Gasteiger partial charge in [0.15, 0.2) is 0 Å². The van der Waals surface area contributed by atoms with Gasteiger partial charge in [-0.05, 0) is 41.5 Å². The molecular weight excluding hydrogens is 396 g/mol. The Kier molecular flexibility index (Phi) is 4.33. The van der Waals surface area contributed by atoms with E-state index in [9.17, 15) is 14.7 Å². The molecule has 3 aromatic carbocycles. The summed E-state index contributed by atoms with van der Waals surface area (Å²) in [5.41, 5.74) is 1.67. The van der Waals surface area contributed by atoms with Crippen molar-refractivity contribution in [2.75, 3.05) is 7.11 Å². The molecule has 1 N–H and O–H groups in total. The van der Waals surface area contributed by atoms with Crippen LogP contribution in [0.5, 0.6) is 11.5 Å². The fraction of sp³-hybridized carbons (Fsp3) is 0.0400. The largest absolute Gasteiger partial charge is 0.508 e. The van der Waals surface area contributed by atoms with Gasteiger partial charge >= 0.3 is 11.3 Å². The molecule has 152 valence electrons. The maximum absolute atomic E-state index is 12.7. The van der Waals surface area contributed by atoms with Crippen molar-refractivity contribution < 1.29 is 18.7 Å². The summed E-state index contributed by atoms with van der Waals surface area (Å²) < 4.78 is 16.1. The van der Waals surface area contributed by atoms with Crippen LogP contribution in [0.1, 0.15) is 0 Å². The van der Waals surface area contributed by atoms with Crippen molar-refractivity contribution in [1.82, 2.24) is 0 Å². The van der Waals surface area contributed by atoms with Gasteiger partial charge in [0.1, 0.15) is 22.7 Å². The first kappa shape index (κ1) is 18.7. The molecule has 0 aliphatic rings. The Hall–Kier alpha value is -4.32. The molecule has 0 aliphatic carbocycles. The van der Waals surface area contributed by atoms with E-state index in [0.29, 0.717) is 33.2 Å². The van der Waals surface area contributed by atoms with E-state index in [2.05, 4.69) is 0 Å². The van der Waals surface area contributed by atoms with Crippen LogP contribution in [0.3, 0.4) is 0 Å². The molecule has 0 bridgehead atoms. The molecule has 2 aromatic heterocycles. The number of ether oxygens (including phenoxy) is 1. The van der Waals surface area contributed by atoms with Crippen molar-refractivity contribution in [3.63, 3.8) is 0 Å². The van der Waals surface area contributed by atoms with E-state index >= 15 is 0 Å². The normalized spacial score (nSPS) is 11.1. The summed E-state index contributed by atoms with van der Waals surface area (Å²) in [6.45, 7) is 0. The molecular formula is C25H16O6. The van der Waals surface area contributed by atoms with Crippen LogP contribution in [0.4, 0.5) is 0 Å². The third kappa shape index (κ3) is 3.24. The Morgan fingerprint density at radius 1 is 0.806 bits per heavy atom. The van der Waals surface area contributed by atoms with Crippen LogP contribution >= 0.6 is 0 Å². The van der Waals surface area contributed by atoms with Crippen LogP contribution < -0.4 is 16.0 Å². The quantitative estimate of drug-likeness (QED) is 0.422. The Bertz CT molecular complexity index is 1560. The molecule has 0 atom stereocenters. The lowest BCUT2D eigenvalue weighted by Crippen LogP contribution is -2.05. The highest BCUT2D eigenvalue weighted by molar-refractivity contribution is 6.01.